The molecule has 0 amide bonds. The molecule has 0 N–H and O–H groups in total. The van der Waals surface area contributed by atoms with Crippen LogP contribution < -0.4 is 51.4 Å². The first kappa shape index (κ1) is 20.7. The van der Waals surface area contributed by atoms with Gasteiger partial charge >= 0.3 is 29.6 Å². The largest absolute Gasteiger partial charge is 1.00 e. The third-order valence-corrected chi connectivity index (χ3v) is 6.17. The number of hydrogen-bond donors (Lipinski definition) is 0. The average Bonchev–Trinajstić information content (AvgIpc) is 2.82. The van der Waals surface area contributed by atoms with E-state index in [9.17, 15) is 0 Å². The van der Waals surface area contributed by atoms with Crippen LogP contribution in [0, 0.1) is 0 Å². The molecule has 138 valence electrons. The van der Waals surface area contributed by atoms with Gasteiger partial charge in [0, 0.05) is 0 Å². The van der Waals surface area contributed by atoms with Crippen LogP contribution >= 0.6 is 0 Å². The number of rotatable bonds is 4. The second-order valence-corrected chi connectivity index (χ2v) is 7.70. The Kier molecular flexibility index (Phi) is 6.25. The van der Waals surface area contributed by atoms with Crippen molar-refractivity contribution in [2.45, 2.75) is 0 Å². The molecule has 0 unspecified atom stereocenters. The Morgan fingerprint density at radius 2 is 0.733 bits per heavy atom. The van der Waals surface area contributed by atoms with E-state index in [1.807, 2.05) is 0 Å². The zero-order valence-corrected chi connectivity index (χ0v) is 19.3. The van der Waals surface area contributed by atoms with Gasteiger partial charge in [0.1, 0.15) is 6.15 Å². The third kappa shape index (κ3) is 3.54. The van der Waals surface area contributed by atoms with Gasteiger partial charge in [-0.15, -0.1) is 0 Å². The Morgan fingerprint density at radius 3 is 1.20 bits per heavy atom. The van der Waals surface area contributed by atoms with Crippen molar-refractivity contribution in [3.05, 3.63) is 133 Å². The molecule has 0 aliphatic heterocycles. The summed E-state index contributed by atoms with van der Waals surface area (Å²) in [5.74, 6) is 0. The van der Waals surface area contributed by atoms with Gasteiger partial charge in [0.2, 0.25) is 0 Å². The van der Waals surface area contributed by atoms with E-state index in [2.05, 4.69) is 133 Å². The first-order valence-corrected chi connectivity index (χ1v) is 10.2. The first-order valence-electron chi connectivity index (χ1n) is 10.2. The Hall–Kier alpha value is -2.58. The van der Waals surface area contributed by atoms with E-state index in [-0.39, 0.29) is 29.6 Å². The van der Waals surface area contributed by atoms with Gasteiger partial charge in [-0.25, -0.2) is 0 Å². The van der Waals surface area contributed by atoms with E-state index < -0.39 is 6.15 Å². The normalized spacial score (nSPS) is 11.1. The van der Waals surface area contributed by atoms with E-state index in [1.54, 1.807) is 0 Å². The molecule has 0 aromatic heterocycles. The van der Waals surface area contributed by atoms with Gasteiger partial charge < -0.3 is 0 Å². The maximum absolute atomic E-state index is 2.38. The predicted molar refractivity (Wildman–Crippen MR) is 128 cm³/mol. The van der Waals surface area contributed by atoms with Crippen LogP contribution in [0.25, 0.3) is 10.8 Å². The van der Waals surface area contributed by atoms with E-state index >= 15 is 0 Å². The summed E-state index contributed by atoms with van der Waals surface area (Å²) in [5.41, 5.74) is 5.34. The average molecular weight is 392 g/mol. The standard InChI is InChI=1S/C28H22B.Na/c1-4-14-25(15-5-1)29(26-16-6-2-7-17-26,27-18-8-3-9-19-27)28-21-20-23-12-10-11-13-24(23)22-28;/h1-22H;/q-1;+1. The van der Waals surface area contributed by atoms with Crippen molar-refractivity contribution in [2.24, 2.45) is 0 Å². The van der Waals surface area contributed by atoms with Crippen LogP contribution in [0.1, 0.15) is 0 Å². The number of benzene rings is 5. The summed E-state index contributed by atoms with van der Waals surface area (Å²) in [6.45, 7) is 0. The summed E-state index contributed by atoms with van der Waals surface area (Å²) < 4.78 is 0. The van der Waals surface area contributed by atoms with Crippen LogP contribution in [0.2, 0.25) is 0 Å². The zero-order valence-electron chi connectivity index (χ0n) is 17.3. The maximum atomic E-state index is 2.38. The van der Waals surface area contributed by atoms with E-state index in [0.29, 0.717) is 0 Å². The number of fused-ring (bicyclic) bond motifs is 1. The quantitative estimate of drug-likeness (QED) is 0.404. The van der Waals surface area contributed by atoms with Gasteiger partial charge in [0.05, 0.1) is 0 Å². The fraction of sp³-hybridized carbons (Fsp3) is 0. The van der Waals surface area contributed by atoms with Gasteiger partial charge in [-0.3, -0.25) is 0 Å². The molecule has 5 rings (SSSR count). The van der Waals surface area contributed by atoms with Crippen LogP contribution in [-0.2, 0) is 0 Å². The third-order valence-electron chi connectivity index (χ3n) is 6.17. The van der Waals surface area contributed by atoms with Crippen LogP contribution in [0.4, 0.5) is 0 Å². The second-order valence-electron chi connectivity index (χ2n) is 7.70. The molecule has 0 fully saturated rings. The minimum atomic E-state index is -1.30. The summed E-state index contributed by atoms with van der Waals surface area (Å²) >= 11 is 0. The molecule has 0 spiro atoms. The van der Waals surface area contributed by atoms with Crippen LogP contribution in [0.15, 0.2) is 133 Å². The fourth-order valence-corrected chi connectivity index (χ4v) is 4.86. The van der Waals surface area contributed by atoms with Crippen molar-refractivity contribution >= 4 is 38.8 Å². The van der Waals surface area contributed by atoms with Crippen LogP contribution in [0.5, 0.6) is 0 Å². The van der Waals surface area contributed by atoms with Gasteiger partial charge in [-0.2, -0.15) is 21.9 Å². The van der Waals surface area contributed by atoms with Crippen molar-refractivity contribution < 1.29 is 29.6 Å². The topological polar surface area (TPSA) is 0 Å². The van der Waals surface area contributed by atoms with Crippen LogP contribution in [0.3, 0.4) is 0 Å². The molecule has 5 aromatic rings. The Balaban J connectivity index is 0.00000218. The monoisotopic (exact) mass is 392 g/mol. The molecule has 0 saturated carbocycles. The fourth-order valence-electron chi connectivity index (χ4n) is 4.86. The summed E-state index contributed by atoms with van der Waals surface area (Å²) in [7, 11) is 0. The smallest absolute Gasteiger partial charge is 0.195 e. The van der Waals surface area contributed by atoms with Crippen molar-refractivity contribution in [1.29, 1.82) is 0 Å². The molecule has 2 heteroatoms. The Labute approximate surface area is 200 Å². The molecular formula is C28H22BNa. The van der Waals surface area contributed by atoms with Crippen molar-refractivity contribution in [2.75, 3.05) is 0 Å². The summed E-state index contributed by atoms with van der Waals surface area (Å²) in [5, 5.41) is 2.55. The molecule has 30 heavy (non-hydrogen) atoms. The molecule has 0 aliphatic rings. The molecule has 0 saturated heterocycles. The van der Waals surface area contributed by atoms with Crippen LogP contribution in [-0.4, -0.2) is 6.15 Å². The van der Waals surface area contributed by atoms with Crippen molar-refractivity contribution in [1.82, 2.24) is 0 Å². The summed E-state index contributed by atoms with van der Waals surface area (Å²) in [6.07, 6.45) is -1.30. The number of hydrogen-bond acceptors (Lipinski definition) is 0. The molecule has 0 radical (unpaired) electrons. The molecule has 0 bridgehead atoms. The van der Waals surface area contributed by atoms with E-state index in [1.165, 1.54) is 32.6 Å². The molecule has 0 nitrogen and oxygen atoms in total. The predicted octanol–water partition coefficient (Wildman–Crippen LogP) is 1.22. The van der Waals surface area contributed by atoms with Gasteiger partial charge in [0.15, 0.2) is 0 Å². The molecule has 0 atom stereocenters. The summed E-state index contributed by atoms with van der Waals surface area (Å²) in [6, 6.07) is 48.4. The minimum Gasteiger partial charge on any atom is -0.195 e. The molecular weight excluding hydrogens is 370 g/mol. The first-order chi connectivity index (χ1) is 14.4. The van der Waals surface area contributed by atoms with Gasteiger partial charge in [-0.05, 0) is 10.8 Å². The van der Waals surface area contributed by atoms with Crippen molar-refractivity contribution in [3.8, 4) is 0 Å². The maximum Gasteiger partial charge on any atom is 1.00 e. The Bertz CT molecular complexity index is 1140. The Morgan fingerprint density at radius 1 is 0.333 bits per heavy atom. The minimum absolute atomic E-state index is 0. The SMILES string of the molecule is [Na+].c1ccc([B-](c2ccccc2)(c2ccccc2)c2ccc3ccccc3c2)cc1. The summed E-state index contributed by atoms with van der Waals surface area (Å²) in [4.78, 5) is 0. The van der Waals surface area contributed by atoms with Gasteiger partial charge in [-0.1, -0.05) is 133 Å². The second kappa shape index (κ2) is 9.06. The van der Waals surface area contributed by atoms with Gasteiger partial charge in [0.25, 0.3) is 0 Å². The zero-order chi connectivity index (χ0) is 19.5. The molecule has 5 aromatic carbocycles. The molecule has 0 aliphatic carbocycles. The van der Waals surface area contributed by atoms with E-state index in [4.69, 9.17) is 0 Å². The molecule has 0 heterocycles. The van der Waals surface area contributed by atoms with Crippen molar-refractivity contribution in [3.63, 3.8) is 0 Å². The van der Waals surface area contributed by atoms with E-state index in [0.717, 1.165) is 0 Å².